The summed E-state index contributed by atoms with van der Waals surface area (Å²) in [5.41, 5.74) is 1.64. The molecule has 138 valence electrons. The molecule has 0 spiro atoms. The molecule has 0 aliphatic carbocycles. The first kappa shape index (κ1) is 18.9. The highest BCUT2D eigenvalue weighted by Gasteiger charge is 2.12. The van der Waals surface area contributed by atoms with Crippen molar-refractivity contribution < 1.29 is 14.3 Å². The topological polar surface area (TPSA) is 80.3 Å². The average Bonchev–Trinajstić information content (AvgIpc) is 3.09. The minimum atomic E-state index is -0.286. The molecule has 6 nitrogen and oxygen atoms in total. The highest BCUT2D eigenvalue weighted by atomic mass is 35.5. The van der Waals surface area contributed by atoms with Crippen molar-refractivity contribution in [2.75, 3.05) is 17.7 Å². The van der Waals surface area contributed by atoms with Gasteiger partial charge < -0.3 is 10.1 Å². The van der Waals surface area contributed by atoms with E-state index >= 15 is 0 Å². The van der Waals surface area contributed by atoms with E-state index < -0.39 is 0 Å². The summed E-state index contributed by atoms with van der Waals surface area (Å²) >= 11 is 7.08. The highest BCUT2D eigenvalue weighted by Crippen LogP contribution is 2.23. The number of benzene rings is 2. The monoisotopic (exact) mass is 401 g/mol. The smallest absolute Gasteiger partial charge is 0.257 e. The number of amides is 2. The van der Waals surface area contributed by atoms with Crippen LogP contribution in [0.2, 0.25) is 5.02 Å². The fraction of sp³-hybridized carbons (Fsp3) is 0.105. The molecule has 1 heterocycles. The first-order valence-corrected chi connectivity index (χ1v) is 9.25. The van der Waals surface area contributed by atoms with Gasteiger partial charge in [-0.05, 0) is 36.4 Å². The number of hydrogen-bond acceptors (Lipinski definition) is 5. The lowest BCUT2D eigenvalue weighted by Gasteiger charge is -2.09. The van der Waals surface area contributed by atoms with Crippen LogP contribution in [-0.4, -0.2) is 23.9 Å². The van der Waals surface area contributed by atoms with Crippen molar-refractivity contribution in [1.82, 2.24) is 4.98 Å². The number of thiazole rings is 1. The van der Waals surface area contributed by atoms with Crippen molar-refractivity contribution in [1.29, 1.82) is 0 Å². The summed E-state index contributed by atoms with van der Waals surface area (Å²) in [6.07, 6.45) is 0.0887. The van der Waals surface area contributed by atoms with E-state index in [2.05, 4.69) is 15.6 Å². The van der Waals surface area contributed by atoms with Gasteiger partial charge in [-0.15, -0.1) is 11.3 Å². The van der Waals surface area contributed by atoms with Crippen LogP contribution in [0, 0.1) is 0 Å². The summed E-state index contributed by atoms with van der Waals surface area (Å²) in [6, 6.07) is 13.7. The van der Waals surface area contributed by atoms with Crippen LogP contribution in [0.15, 0.2) is 53.9 Å². The molecule has 0 bridgehead atoms. The SMILES string of the molecule is COc1ccccc1NC(=O)Cc1csc(NC(=O)c2ccc(Cl)cc2)n1. The highest BCUT2D eigenvalue weighted by molar-refractivity contribution is 7.14. The second-order valence-electron chi connectivity index (χ2n) is 5.53. The zero-order valence-electron chi connectivity index (χ0n) is 14.4. The summed E-state index contributed by atoms with van der Waals surface area (Å²) in [7, 11) is 1.54. The predicted molar refractivity (Wildman–Crippen MR) is 107 cm³/mol. The average molecular weight is 402 g/mol. The molecule has 2 aromatic carbocycles. The van der Waals surface area contributed by atoms with Crippen LogP contribution in [0.25, 0.3) is 0 Å². The third-order valence-electron chi connectivity index (χ3n) is 3.60. The van der Waals surface area contributed by atoms with Gasteiger partial charge in [-0.2, -0.15) is 0 Å². The van der Waals surface area contributed by atoms with E-state index in [0.717, 1.165) is 0 Å². The molecule has 0 fully saturated rings. The van der Waals surface area contributed by atoms with E-state index in [1.807, 2.05) is 12.1 Å². The number of methoxy groups -OCH3 is 1. The molecule has 8 heteroatoms. The largest absolute Gasteiger partial charge is 0.495 e. The quantitative estimate of drug-likeness (QED) is 0.647. The van der Waals surface area contributed by atoms with E-state index in [1.165, 1.54) is 11.3 Å². The molecule has 0 unspecified atom stereocenters. The van der Waals surface area contributed by atoms with Crippen LogP contribution in [0.5, 0.6) is 5.75 Å². The summed E-state index contributed by atoms with van der Waals surface area (Å²) < 4.78 is 5.21. The number of nitrogens with zero attached hydrogens (tertiary/aromatic N) is 1. The molecule has 0 atom stereocenters. The van der Waals surface area contributed by atoms with Crippen LogP contribution in [0.4, 0.5) is 10.8 Å². The van der Waals surface area contributed by atoms with Crippen LogP contribution < -0.4 is 15.4 Å². The van der Waals surface area contributed by atoms with Gasteiger partial charge in [0.1, 0.15) is 5.75 Å². The fourth-order valence-corrected chi connectivity index (χ4v) is 3.15. The number of para-hydroxylation sites is 2. The Morgan fingerprint density at radius 3 is 2.59 bits per heavy atom. The number of halogens is 1. The van der Waals surface area contributed by atoms with Gasteiger partial charge in [0.05, 0.1) is 24.9 Å². The molecular formula is C19H16ClN3O3S. The minimum absolute atomic E-state index is 0.0887. The summed E-state index contributed by atoms with van der Waals surface area (Å²) in [6.45, 7) is 0. The normalized spacial score (nSPS) is 10.3. The maximum atomic E-state index is 12.2. The van der Waals surface area contributed by atoms with Crippen molar-refractivity contribution >= 4 is 45.6 Å². The Kier molecular flexibility index (Phi) is 6.05. The maximum absolute atomic E-state index is 12.2. The number of rotatable bonds is 6. The Bertz CT molecular complexity index is 957. The van der Waals surface area contributed by atoms with E-state index in [4.69, 9.17) is 16.3 Å². The maximum Gasteiger partial charge on any atom is 0.257 e. The van der Waals surface area contributed by atoms with E-state index in [9.17, 15) is 9.59 Å². The molecule has 2 amide bonds. The number of carbonyl (C=O) groups excluding carboxylic acids is 2. The van der Waals surface area contributed by atoms with Gasteiger partial charge in [0.15, 0.2) is 5.13 Å². The molecule has 3 rings (SSSR count). The molecule has 0 saturated carbocycles. The Morgan fingerprint density at radius 2 is 1.85 bits per heavy atom. The molecule has 1 aromatic heterocycles. The van der Waals surface area contributed by atoms with Crippen molar-refractivity contribution in [3.05, 3.63) is 70.2 Å². The van der Waals surface area contributed by atoms with Crippen molar-refractivity contribution in [2.45, 2.75) is 6.42 Å². The van der Waals surface area contributed by atoms with Gasteiger partial charge in [-0.3, -0.25) is 14.9 Å². The molecule has 0 radical (unpaired) electrons. The number of hydrogen-bond donors (Lipinski definition) is 2. The van der Waals surface area contributed by atoms with E-state index in [-0.39, 0.29) is 18.2 Å². The molecule has 0 aliphatic heterocycles. The molecule has 27 heavy (non-hydrogen) atoms. The lowest BCUT2D eigenvalue weighted by Crippen LogP contribution is -2.15. The van der Waals surface area contributed by atoms with Crippen LogP contribution in [0.3, 0.4) is 0 Å². The van der Waals surface area contributed by atoms with Gasteiger partial charge in [0.25, 0.3) is 5.91 Å². The number of aromatic nitrogens is 1. The number of carbonyl (C=O) groups is 2. The van der Waals surface area contributed by atoms with Crippen molar-refractivity contribution in [2.24, 2.45) is 0 Å². The third kappa shape index (κ3) is 5.06. The van der Waals surface area contributed by atoms with Gasteiger partial charge in [-0.1, -0.05) is 23.7 Å². The lowest BCUT2D eigenvalue weighted by atomic mass is 10.2. The Hall–Kier alpha value is -2.90. The molecule has 2 N–H and O–H groups in total. The lowest BCUT2D eigenvalue weighted by molar-refractivity contribution is -0.115. The van der Waals surface area contributed by atoms with E-state index in [1.54, 1.807) is 48.9 Å². The second kappa shape index (κ2) is 8.66. The summed E-state index contributed by atoms with van der Waals surface area (Å²) in [4.78, 5) is 28.7. The van der Waals surface area contributed by atoms with Crippen LogP contribution >= 0.6 is 22.9 Å². The number of nitrogens with one attached hydrogen (secondary N) is 2. The minimum Gasteiger partial charge on any atom is -0.495 e. The van der Waals surface area contributed by atoms with Crippen LogP contribution in [0.1, 0.15) is 16.1 Å². The zero-order valence-corrected chi connectivity index (χ0v) is 15.9. The van der Waals surface area contributed by atoms with Crippen LogP contribution in [-0.2, 0) is 11.2 Å². The van der Waals surface area contributed by atoms with Gasteiger partial charge in [0.2, 0.25) is 5.91 Å². The fourth-order valence-electron chi connectivity index (χ4n) is 2.32. The second-order valence-corrected chi connectivity index (χ2v) is 6.82. The molecule has 3 aromatic rings. The molecule has 0 saturated heterocycles. The molecular weight excluding hydrogens is 386 g/mol. The number of anilines is 2. The predicted octanol–water partition coefficient (Wildman–Crippen LogP) is 4.24. The standard InChI is InChI=1S/C19H16ClN3O3S/c1-26-16-5-3-2-4-15(16)22-17(24)10-14-11-27-19(21-14)23-18(25)12-6-8-13(20)9-7-12/h2-9,11H,10H2,1H3,(H,22,24)(H,21,23,25). The number of ether oxygens (including phenoxy) is 1. The summed E-state index contributed by atoms with van der Waals surface area (Å²) in [5.74, 6) is 0.0754. The van der Waals surface area contributed by atoms with Gasteiger partial charge >= 0.3 is 0 Å². The zero-order chi connectivity index (χ0) is 19.2. The summed E-state index contributed by atoms with van der Waals surface area (Å²) in [5, 5.41) is 8.23. The molecule has 0 aliphatic rings. The Morgan fingerprint density at radius 1 is 1.11 bits per heavy atom. The third-order valence-corrected chi connectivity index (χ3v) is 4.66. The Balaban J connectivity index is 1.59. The van der Waals surface area contributed by atoms with Gasteiger partial charge in [-0.25, -0.2) is 4.98 Å². The van der Waals surface area contributed by atoms with E-state index in [0.29, 0.717) is 32.8 Å². The van der Waals surface area contributed by atoms with Crippen molar-refractivity contribution in [3.8, 4) is 5.75 Å². The first-order chi connectivity index (χ1) is 13.0. The van der Waals surface area contributed by atoms with Crippen molar-refractivity contribution in [3.63, 3.8) is 0 Å². The van der Waals surface area contributed by atoms with Gasteiger partial charge in [0, 0.05) is 16.0 Å². The first-order valence-electron chi connectivity index (χ1n) is 7.99. The Labute approximate surface area is 165 Å².